The molecule has 3 nitrogen and oxygen atoms in total. The largest absolute Gasteiger partial charge is 0.492 e. The summed E-state index contributed by atoms with van der Waals surface area (Å²) in [6.45, 7) is 6.18. The number of ether oxygens (including phenoxy) is 1. The lowest BCUT2D eigenvalue weighted by molar-refractivity contribution is 0.293. The van der Waals surface area contributed by atoms with Crippen molar-refractivity contribution in [3.63, 3.8) is 0 Å². The monoisotopic (exact) mass is 248 g/mol. The number of hydrogen-bond acceptors (Lipinski definition) is 3. The molecule has 0 aliphatic heterocycles. The Morgan fingerprint density at radius 3 is 3.00 bits per heavy atom. The van der Waals surface area contributed by atoms with Crippen LogP contribution in [0, 0.1) is 5.92 Å². The Kier molecular flexibility index (Phi) is 5.00. The first-order valence-corrected chi connectivity index (χ1v) is 7.05. The molecule has 0 saturated heterocycles. The van der Waals surface area contributed by atoms with Crippen LogP contribution in [-0.4, -0.2) is 17.6 Å². The fourth-order valence-electron chi connectivity index (χ4n) is 1.90. The van der Waals surface area contributed by atoms with Crippen LogP contribution in [0.5, 0.6) is 5.75 Å². The number of nitrogens with one attached hydrogen (secondary N) is 1. The van der Waals surface area contributed by atoms with Crippen molar-refractivity contribution in [1.82, 2.24) is 10.3 Å². The van der Waals surface area contributed by atoms with E-state index >= 15 is 0 Å². The van der Waals surface area contributed by atoms with Gasteiger partial charge in [0.05, 0.1) is 12.8 Å². The van der Waals surface area contributed by atoms with Gasteiger partial charge in [0.1, 0.15) is 5.75 Å². The minimum atomic E-state index is 0.729. The minimum absolute atomic E-state index is 0.729. The van der Waals surface area contributed by atoms with Crippen LogP contribution in [0.3, 0.4) is 0 Å². The Balaban J connectivity index is 1.78. The zero-order valence-electron chi connectivity index (χ0n) is 11.5. The number of rotatable bonds is 8. The highest BCUT2D eigenvalue weighted by Crippen LogP contribution is 2.22. The molecular weight excluding hydrogens is 224 g/mol. The third-order valence-corrected chi connectivity index (χ3v) is 3.21. The van der Waals surface area contributed by atoms with Crippen LogP contribution >= 0.6 is 0 Å². The molecule has 18 heavy (non-hydrogen) atoms. The molecule has 0 atom stereocenters. The van der Waals surface area contributed by atoms with Crippen molar-refractivity contribution < 1.29 is 4.74 Å². The number of nitrogens with zero attached hydrogens (tertiary/aromatic N) is 1. The molecule has 0 spiro atoms. The van der Waals surface area contributed by atoms with Gasteiger partial charge in [-0.1, -0.05) is 13.8 Å². The van der Waals surface area contributed by atoms with E-state index in [-0.39, 0.29) is 0 Å². The van der Waals surface area contributed by atoms with Crippen LogP contribution in [0.1, 0.15) is 45.1 Å². The summed E-state index contributed by atoms with van der Waals surface area (Å²) in [6.07, 6.45) is 8.63. The highest BCUT2D eigenvalue weighted by atomic mass is 16.5. The molecule has 1 aliphatic carbocycles. The molecule has 1 N–H and O–H groups in total. The molecule has 2 rings (SSSR count). The first-order valence-electron chi connectivity index (χ1n) is 7.05. The van der Waals surface area contributed by atoms with Crippen molar-refractivity contribution in [2.45, 2.75) is 52.1 Å². The number of hydrogen-bond donors (Lipinski definition) is 1. The number of pyridine rings is 1. The molecule has 3 heteroatoms. The van der Waals surface area contributed by atoms with Crippen molar-refractivity contribution in [2.24, 2.45) is 5.92 Å². The molecule has 1 aliphatic rings. The molecular formula is C15H24N2O. The van der Waals surface area contributed by atoms with Crippen molar-refractivity contribution in [2.75, 3.05) is 6.61 Å². The smallest absolute Gasteiger partial charge is 0.142 e. The average molecular weight is 248 g/mol. The van der Waals surface area contributed by atoms with Crippen molar-refractivity contribution >= 4 is 0 Å². The van der Waals surface area contributed by atoms with E-state index in [2.05, 4.69) is 24.1 Å². The SMILES string of the molecule is CC(C)CCCOc1cnccc1CNC1CC1. The maximum Gasteiger partial charge on any atom is 0.142 e. The van der Waals surface area contributed by atoms with Gasteiger partial charge < -0.3 is 10.1 Å². The van der Waals surface area contributed by atoms with Crippen LogP contribution in [0.25, 0.3) is 0 Å². The first-order chi connectivity index (χ1) is 8.75. The molecule has 1 aromatic heterocycles. The summed E-state index contributed by atoms with van der Waals surface area (Å²) in [6, 6.07) is 2.78. The van der Waals surface area contributed by atoms with Gasteiger partial charge in [0.15, 0.2) is 0 Å². The van der Waals surface area contributed by atoms with Gasteiger partial charge in [0, 0.05) is 24.3 Å². The summed E-state index contributed by atoms with van der Waals surface area (Å²) < 4.78 is 5.84. The van der Waals surface area contributed by atoms with Gasteiger partial charge in [-0.2, -0.15) is 0 Å². The van der Waals surface area contributed by atoms with Crippen LogP contribution in [0.15, 0.2) is 18.5 Å². The lowest BCUT2D eigenvalue weighted by Crippen LogP contribution is -2.16. The summed E-state index contributed by atoms with van der Waals surface area (Å²) in [5.74, 6) is 1.69. The zero-order chi connectivity index (χ0) is 12.8. The Hall–Kier alpha value is -1.09. The predicted octanol–water partition coefficient (Wildman–Crippen LogP) is 3.15. The second-order valence-electron chi connectivity index (χ2n) is 5.52. The molecule has 0 aromatic carbocycles. The topological polar surface area (TPSA) is 34.1 Å². The van der Waals surface area contributed by atoms with E-state index in [1.54, 1.807) is 0 Å². The van der Waals surface area contributed by atoms with E-state index in [1.807, 2.05) is 18.5 Å². The van der Waals surface area contributed by atoms with E-state index < -0.39 is 0 Å². The normalized spacial score (nSPS) is 15.1. The fraction of sp³-hybridized carbons (Fsp3) is 0.667. The predicted molar refractivity (Wildman–Crippen MR) is 73.7 cm³/mol. The summed E-state index contributed by atoms with van der Waals surface area (Å²) in [5.41, 5.74) is 1.22. The minimum Gasteiger partial charge on any atom is -0.492 e. The van der Waals surface area contributed by atoms with Crippen LogP contribution < -0.4 is 10.1 Å². The quantitative estimate of drug-likeness (QED) is 0.718. The molecule has 1 heterocycles. The van der Waals surface area contributed by atoms with E-state index in [1.165, 1.54) is 24.8 Å². The fourth-order valence-corrected chi connectivity index (χ4v) is 1.90. The van der Waals surface area contributed by atoms with Gasteiger partial charge in [-0.3, -0.25) is 4.98 Å². The third kappa shape index (κ3) is 4.65. The van der Waals surface area contributed by atoms with E-state index in [0.717, 1.165) is 37.3 Å². The molecule has 0 amide bonds. The summed E-state index contributed by atoms with van der Waals surface area (Å²) in [4.78, 5) is 4.15. The standard InChI is InChI=1S/C15H24N2O/c1-12(2)4-3-9-18-15-11-16-8-7-13(15)10-17-14-5-6-14/h7-8,11-12,14,17H,3-6,9-10H2,1-2H3. The average Bonchev–Trinajstić information content (AvgIpc) is 3.17. The Bertz CT molecular complexity index is 361. The van der Waals surface area contributed by atoms with Crippen LogP contribution in [0.4, 0.5) is 0 Å². The van der Waals surface area contributed by atoms with E-state index in [9.17, 15) is 0 Å². The molecule has 1 saturated carbocycles. The summed E-state index contributed by atoms with van der Waals surface area (Å²) in [7, 11) is 0. The van der Waals surface area contributed by atoms with Crippen molar-refractivity contribution in [3.8, 4) is 5.75 Å². The number of aromatic nitrogens is 1. The highest BCUT2D eigenvalue weighted by molar-refractivity contribution is 5.29. The second-order valence-corrected chi connectivity index (χ2v) is 5.52. The van der Waals surface area contributed by atoms with Gasteiger partial charge >= 0.3 is 0 Å². The highest BCUT2D eigenvalue weighted by Gasteiger charge is 2.20. The van der Waals surface area contributed by atoms with Gasteiger partial charge in [-0.25, -0.2) is 0 Å². The Labute approximate surface area is 110 Å². The Morgan fingerprint density at radius 2 is 2.28 bits per heavy atom. The van der Waals surface area contributed by atoms with Gasteiger partial charge in [0.2, 0.25) is 0 Å². The molecule has 1 aromatic rings. The maximum atomic E-state index is 5.84. The van der Waals surface area contributed by atoms with Gasteiger partial charge in [-0.15, -0.1) is 0 Å². The molecule has 100 valence electrons. The second kappa shape index (κ2) is 6.74. The van der Waals surface area contributed by atoms with E-state index in [4.69, 9.17) is 4.74 Å². The van der Waals surface area contributed by atoms with Gasteiger partial charge in [-0.05, 0) is 37.7 Å². The van der Waals surface area contributed by atoms with E-state index in [0.29, 0.717) is 0 Å². The molecule has 1 fully saturated rings. The van der Waals surface area contributed by atoms with Crippen molar-refractivity contribution in [3.05, 3.63) is 24.0 Å². The zero-order valence-corrected chi connectivity index (χ0v) is 11.5. The Morgan fingerprint density at radius 1 is 1.44 bits per heavy atom. The van der Waals surface area contributed by atoms with Crippen LogP contribution in [-0.2, 0) is 6.54 Å². The summed E-state index contributed by atoms with van der Waals surface area (Å²) in [5, 5.41) is 3.51. The molecule has 0 unspecified atom stereocenters. The molecule has 0 radical (unpaired) electrons. The van der Waals surface area contributed by atoms with Crippen molar-refractivity contribution in [1.29, 1.82) is 0 Å². The molecule has 0 bridgehead atoms. The summed E-state index contributed by atoms with van der Waals surface area (Å²) >= 11 is 0. The third-order valence-electron chi connectivity index (χ3n) is 3.21. The lowest BCUT2D eigenvalue weighted by Gasteiger charge is -2.12. The first kappa shape index (κ1) is 13.3. The van der Waals surface area contributed by atoms with Gasteiger partial charge in [0.25, 0.3) is 0 Å². The van der Waals surface area contributed by atoms with Crippen LogP contribution in [0.2, 0.25) is 0 Å². The lowest BCUT2D eigenvalue weighted by atomic mass is 10.1. The maximum absolute atomic E-state index is 5.84.